The second kappa shape index (κ2) is 10.6. The Labute approximate surface area is 251 Å². The second-order valence-electron chi connectivity index (χ2n) is 13.0. The predicted octanol–water partition coefficient (Wildman–Crippen LogP) is 6.55. The summed E-state index contributed by atoms with van der Waals surface area (Å²) in [6.07, 6.45) is 3.85. The number of ether oxygens (including phenoxy) is 1. The highest BCUT2D eigenvalue weighted by Crippen LogP contribution is 2.56. The van der Waals surface area contributed by atoms with Gasteiger partial charge >= 0.3 is 0 Å². The number of fused-ring (bicyclic) bond motifs is 9. The molecule has 220 valence electrons. The maximum atomic E-state index is 13.6. The Morgan fingerprint density at radius 1 is 1.00 bits per heavy atom. The first kappa shape index (κ1) is 27.7. The van der Waals surface area contributed by atoms with Gasteiger partial charge in [0, 0.05) is 27.8 Å². The summed E-state index contributed by atoms with van der Waals surface area (Å²) in [5, 5.41) is 13.3. The van der Waals surface area contributed by atoms with Crippen molar-refractivity contribution in [2.45, 2.75) is 64.0 Å². The number of aromatic nitrogens is 2. The Morgan fingerprint density at radius 2 is 1.72 bits per heavy atom. The lowest BCUT2D eigenvalue weighted by atomic mass is 9.64. The van der Waals surface area contributed by atoms with E-state index in [9.17, 15) is 9.90 Å². The minimum absolute atomic E-state index is 0.244. The molecule has 0 spiro atoms. The van der Waals surface area contributed by atoms with E-state index in [2.05, 4.69) is 39.0 Å². The van der Waals surface area contributed by atoms with Crippen LogP contribution in [-0.4, -0.2) is 44.2 Å². The zero-order valence-corrected chi connectivity index (χ0v) is 25.0. The van der Waals surface area contributed by atoms with Crippen LogP contribution in [0.3, 0.4) is 0 Å². The number of nitrogens with two attached hydrogens (primary N) is 1. The van der Waals surface area contributed by atoms with Crippen molar-refractivity contribution >= 4 is 38.7 Å². The summed E-state index contributed by atoms with van der Waals surface area (Å²) < 4.78 is 6.87. The Balaban J connectivity index is 1.36. The third-order valence-corrected chi connectivity index (χ3v) is 9.73. The van der Waals surface area contributed by atoms with Gasteiger partial charge in [-0.25, -0.2) is 15.8 Å². The van der Waals surface area contributed by atoms with Gasteiger partial charge < -0.3 is 9.84 Å². The maximum absolute atomic E-state index is 13.6. The van der Waals surface area contributed by atoms with Crippen LogP contribution < -0.4 is 10.6 Å². The Bertz CT molecular complexity index is 1850. The van der Waals surface area contributed by atoms with Crippen LogP contribution in [0, 0.1) is 11.8 Å². The summed E-state index contributed by atoms with van der Waals surface area (Å²) in [7, 11) is 0. The maximum Gasteiger partial charge on any atom is 0.268 e. The molecule has 2 aliphatic rings. The monoisotopic (exact) mass is 574 g/mol. The fraction of sp³-hybridized carbons (Fsp3) is 0.361. The molecule has 1 saturated carbocycles. The van der Waals surface area contributed by atoms with Gasteiger partial charge in [-0.2, -0.15) is 0 Å². The van der Waals surface area contributed by atoms with Crippen molar-refractivity contribution in [3.05, 3.63) is 89.5 Å². The quantitative estimate of drug-likeness (QED) is 0.0812. The van der Waals surface area contributed by atoms with Gasteiger partial charge in [0.05, 0.1) is 34.7 Å². The van der Waals surface area contributed by atoms with Gasteiger partial charge in [-0.1, -0.05) is 67.9 Å². The van der Waals surface area contributed by atoms with Crippen LogP contribution in [0.5, 0.6) is 5.75 Å². The molecule has 43 heavy (non-hydrogen) atoms. The van der Waals surface area contributed by atoms with Gasteiger partial charge in [0.2, 0.25) is 0 Å². The zero-order chi connectivity index (χ0) is 29.9. The molecule has 1 fully saturated rings. The summed E-state index contributed by atoms with van der Waals surface area (Å²) >= 11 is 0. The molecule has 2 heterocycles. The molecule has 4 atom stereocenters. The number of rotatable bonds is 5. The molecule has 0 radical (unpaired) electrons. The van der Waals surface area contributed by atoms with Gasteiger partial charge in [-0.15, -0.1) is 0 Å². The van der Waals surface area contributed by atoms with Crippen molar-refractivity contribution in [3.8, 4) is 5.75 Å². The second-order valence-corrected chi connectivity index (χ2v) is 13.0. The van der Waals surface area contributed by atoms with E-state index in [-0.39, 0.29) is 18.1 Å². The lowest BCUT2D eigenvalue weighted by Gasteiger charge is -2.49. The molecule has 4 aromatic carbocycles. The van der Waals surface area contributed by atoms with Crippen molar-refractivity contribution < 1.29 is 14.6 Å². The normalized spacial score (nSPS) is 21.7. The molecule has 1 aromatic heterocycles. The third-order valence-electron chi connectivity index (χ3n) is 9.73. The number of aliphatic hydroxyl groups excluding tert-OH is 1. The fourth-order valence-electron chi connectivity index (χ4n) is 7.48. The molecule has 7 heteroatoms. The lowest BCUT2D eigenvalue weighted by molar-refractivity contribution is -0.0115. The number of nitrogens with zero attached hydrogens (tertiary/aromatic N) is 3. The topological polar surface area (TPSA) is 102 Å². The highest BCUT2D eigenvalue weighted by Gasteiger charge is 2.47. The summed E-state index contributed by atoms with van der Waals surface area (Å²) in [5.74, 6) is 8.19. The number of carbonyl (C=O) groups excluding carboxylic acids is 1. The standard InChI is InChI=1S/C36H38N4O3/c1-21-13-15-28-27(17-21)31-33-32(25-11-7-8-12-26(25)34(31)43-36(28,2)3)38-29-16-14-23(19-30(29)39-33)35(42)40(37)24(20-41)18-22-9-5-4-6-10-22/h4-12,14,16,19,21,24,27-28,41H,13,15,17-18,20,37H2,1-3H3/t21-,24-,27-,28-/m1/s1. The highest BCUT2D eigenvalue weighted by molar-refractivity contribution is 6.11. The van der Waals surface area contributed by atoms with E-state index in [0.717, 1.165) is 56.5 Å². The van der Waals surface area contributed by atoms with Crippen LogP contribution in [0.2, 0.25) is 0 Å². The zero-order valence-electron chi connectivity index (χ0n) is 25.0. The first-order valence-corrected chi connectivity index (χ1v) is 15.3. The van der Waals surface area contributed by atoms with Gasteiger partial charge in [-0.05, 0) is 68.7 Å². The van der Waals surface area contributed by atoms with E-state index < -0.39 is 6.04 Å². The number of aliphatic hydroxyl groups is 1. The third kappa shape index (κ3) is 4.71. The molecule has 1 aliphatic carbocycles. The molecule has 1 amide bonds. The van der Waals surface area contributed by atoms with Gasteiger partial charge in [0.25, 0.3) is 5.91 Å². The van der Waals surface area contributed by atoms with Gasteiger partial charge in [-0.3, -0.25) is 9.80 Å². The highest BCUT2D eigenvalue weighted by atomic mass is 16.5. The molecule has 1 aliphatic heterocycles. The largest absolute Gasteiger partial charge is 0.487 e. The summed E-state index contributed by atoms with van der Waals surface area (Å²) in [6.45, 7) is 6.55. The van der Waals surface area contributed by atoms with E-state index in [1.807, 2.05) is 42.5 Å². The molecule has 0 saturated heterocycles. The minimum Gasteiger partial charge on any atom is -0.487 e. The average Bonchev–Trinajstić information content (AvgIpc) is 3.02. The van der Waals surface area contributed by atoms with Crippen molar-refractivity contribution in [1.82, 2.24) is 15.0 Å². The molecule has 3 N–H and O–H groups in total. The first-order chi connectivity index (χ1) is 20.7. The van der Waals surface area contributed by atoms with E-state index in [4.69, 9.17) is 20.5 Å². The number of hydrazine groups is 1. The van der Waals surface area contributed by atoms with Crippen LogP contribution in [0.1, 0.15) is 67.4 Å². The van der Waals surface area contributed by atoms with Gasteiger partial charge in [0.1, 0.15) is 11.4 Å². The van der Waals surface area contributed by atoms with Crippen LogP contribution in [0.15, 0.2) is 72.8 Å². The molecular weight excluding hydrogens is 536 g/mol. The van der Waals surface area contributed by atoms with Crippen LogP contribution in [0.4, 0.5) is 0 Å². The predicted molar refractivity (Wildman–Crippen MR) is 170 cm³/mol. The number of hydrogen-bond donors (Lipinski definition) is 2. The Morgan fingerprint density at radius 3 is 2.49 bits per heavy atom. The van der Waals surface area contributed by atoms with Crippen molar-refractivity contribution in [2.24, 2.45) is 17.7 Å². The smallest absolute Gasteiger partial charge is 0.268 e. The van der Waals surface area contributed by atoms with Crippen LogP contribution in [-0.2, 0) is 6.42 Å². The van der Waals surface area contributed by atoms with E-state index in [1.54, 1.807) is 12.1 Å². The van der Waals surface area contributed by atoms with E-state index >= 15 is 0 Å². The molecule has 5 aromatic rings. The van der Waals surface area contributed by atoms with Crippen LogP contribution in [0.25, 0.3) is 32.8 Å². The average molecular weight is 575 g/mol. The molecule has 0 bridgehead atoms. The van der Waals surface area contributed by atoms with Crippen molar-refractivity contribution in [1.29, 1.82) is 0 Å². The first-order valence-electron chi connectivity index (χ1n) is 15.3. The summed E-state index contributed by atoms with van der Waals surface area (Å²) in [6, 6.07) is 22.8. The Kier molecular flexibility index (Phi) is 6.83. The molecule has 7 nitrogen and oxygen atoms in total. The summed E-state index contributed by atoms with van der Waals surface area (Å²) in [4.78, 5) is 23.9. The van der Waals surface area contributed by atoms with Crippen molar-refractivity contribution in [3.63, 3.8) is 0 Å². The molecule has 7 rings (SSSR count). The fourth-order valence-corrected chi connectivity index (χ4v) is 7.48. The minimum atomic E-state index is -0.558. The molecular formula is C36H38N4O3. The number of carbonyl (C=O) groups is 1. The SMILES string of the molecule is C[C@@H]1CC[C@@H]2[C@@H](C1)c1c(c3ccccc3c3nc4ccc(C(=O)N(N)[C@@H](CO)Cc5ccccc5)cc4nc13)OC2(C)C. The number of benzene rings is 4. The number of hydrogen-bond acceptors (Lipinski definition) is 6. The Hall–Kier alpha value is -4.07. The van der Waals surface area contributed by atoms with Gasteiger partial charge in [0.15, 0.2) is 0 Å². The van der Waals surface area contributed by atoms with Crippen molar-refractivity contribution in [2.75, 3.05) is 6.61 Å². The summed E-state index contributed by atoms with van der Waals surface area (Å²) in [5.41, 5.74) is 5.34. The lowest BCUT2D eigenvalue weighted by Crippen LogP contribution is -2.48. The van der Waals surface area contributed by atoms with Crippen LogP contribution >= 0.6 is 0 Å². The van der Waals surface area contributed by atoms with E-state index in [0.29, 0.717) is 40.8 Å². The van der Waals surface area contributed by atoms with E-state index in [1.165, 1.54) is 6.42 Å². The molecule has 0 unspecified atom stereocenters. The number of amides is 1.